The quantitative estimate of drug-likeness (QED) is 0.541. The zero-order chi connectivity index (χ0) is 12.6. The first-order valence-electron chi connectivity index (χ1n) is 6.37. The number of ether oxygens (including phenoxy) is 1. The maximum absolute atomic E-state index is 11.9. The Labute approximate surface area is 112 Å². The van der Waals surface area contributed by atoms with Gasteiger partial charge in [0.25, 0.3) is 0 Å². The minimum absolute atomic E-state index is 0. The molecule has 0 aromatic heterocycles. The van der Waals surface area contributed by atoms with Gasteiger partial charge in [-0.2, -0.15) is 0 Å². The van der Waals surface area contributed by atoms with Crippen LogP contribution in [0.2, 0.25) is 0 Å². The van der Waals surface area contributed by atoms with E-state index in [1.165, 1.54) is 0 Å². The molecule has 1 unspecified atom stereocenters. The largest absolute Gasteiger partial charge is 0.463 e. The number of halogens is 1. The van der Waals surface area contributed by atoms with Crippen molar-refractivity contribution in [2.45, 2.75) is 65.9 Å². The van der Waals surface area contributed by atoms with Gasteiger partial charge in [-0.1, -0.05) is 19.8 Å². The van der Waals surface area contributed by atoms with Crippen LogP contribution in [-0.2, 0) is 9.53 Å². The summed E-state index contributed by atoms with van der Waals surface area (Å²) in [5, 5.41) is 0. The first-order valence-corrected chi connectivity index (χ1v) is 6.37. The molecule has 17 heavy (non-hydrogen) atoms. The fourth-order valence-electron chi connectivity index (χ4n) is 1.62. The van der Waals surface area contributed by atoms with Crippen LogP contribution in [0.25, 0.3) is 0 Å². The lowest BCUT2D eigenvalue weighted by Gasteiger charge is -2.27. The molecule has 0 saturated carbocycles. The molecule has 0 rings (SSSR count). The van der Waals surface area contributed by atoms with Crippen molar-refractivity contribution in [1.82, 2.24) is 0 Å². The summed E-state index contributed by atoms with van der Waals surface area (Å²) in [5.41, 5.74) is 5.12. The third-order valence-corrected chi connectivity index (χ3v) is 3.05. The molecule has 2 N–H and O–H groups in total. The molecule has 4 heteroatoms. The normalized spacial score (nSPS) is 14.0. The fourth-order valence-corrected chi connectivity index (χ4v) is 1.62. The molecule has 1 atom stereocenters. The van der Waals surface area contributed by atoms with E-state index in [2.05, 4.69) is 0 Å². The predicted octanol–water partition coefficient (Wildman–Crippen LogP) is 3.30. The van der Waals surface area contributed by atoms with Gasteiger partial charge in [-0.3, -0.25) is 4.79 Å². The first kappa shape index (κ1) is 19.1. The third kappa shape index (κ3) is 7.61. The van der Waals surface area contributed by atoms with Crippen LogP contribution in [0.3, 0.4) is 0 Å². The molecule has 0 heterocycles. The molecule has 0 saturated heterocycles. The van der Waals surface area contributed by atoms with E-state index in [0.717, 1.165) is 38.6 Å². The number of carbonyl (C=O) groups is 1. The molecule has 0 spiro atoms. The molecule has 0 bridgehead atoms. The van der Waals surface area contributed by atoms with Gasteiger partial charge in [0.15, 0.2) is 0 Å². The van der Waals surface area contributed by atoms with Crippen molar-refractivity contribution in [2.75, 3.05) is 6.54 Å². The maximum atomic E-state index is 11.9. The van der Waals surface area contributed by atoms with E-state index in [4.69, 9.17) is 10.5 Å². The summed E-state index contributed by atoms with van der Waals surface area (Å²) in [5.74, 6) is -0.0576. The lowest BCUT2D eigenvalue weighted by atomic mass is 9.82. The number of unbranched alkanes of at least 4 members (excludes halogenated alkanes) is 2. The van der Waals surface area contributed by atoms with Gasteiger partial charge >= 0.3 is 5.97 Å². The minimum atomic E-state index is -0.321. The summed E-state index contributed by atoms with van der Waals surface area (Å²) in [4.78, 5) is 11.9. The Morgan fingerprint density at radius 1 is 1.29 bits per heavy atom. The lowest BCUT2D eigenvalue weighted by molar-refractivity contribution is -0.159. The van der Waals surface area contributed by atoms with Crippen molar-refractivity contribution in [2.24, 2.45) is 11.1 Å². The number of rotatable bonds is 8. The Kier molecular flexibility index (Phi) is 10.9. The lowest BCUT2D eigenvalue weighted by Crippen LogP contribution is -2.31. The summed E-state index contributed by atoms with van der Waals surface area (Å²) >= 11 is 0. The Morgan fingerprint density at radius 2 is 1.88 bits per heavy atom. The van der Waals surface area contributed by atoms with Gasteiger partial charge in [0.05, 0.1) is 11.5 Å². The smallest absolute Gasteiger partial charge is 0.312 e. The first-order chi connectivity index (χ1) is 7.46. The van der Waals surface area contributed by atoms with E-state index in [1.54, 1.807) is 0 Å². The van der Waals surface area contributed by atoms with Crippen molar-refractivity contribution in [3.05, 3.63) is 0 Å². The van der Waals surface area contributed by atoms with Crippen LogP contribution in [0.15, 0.2) is 0 Å². The molecule has 0 fully saturated rings. The van der Waals surface area contributed by atoms with Gasteiger partial charge in [-0.05, 0) is 46.6 Å². The van der Waals surface area contributed by atoms with E-state index in [1.807, 2.05) is 27.7 Å². The molecule has 0 amide bonds. The van der Waals surface area contributed by atoms with Crippen molar-refractivity contribution in [3.8, 4) is 0 Å². The van der Waals surface area contributed by atoms with E-state index in [0.29, 0.717) is 0 Å². The Morgan fingerprint density at radius 3 is 2.29 bits per heavy atom. The van der Waals surface area contributed by atoms with E-state index >= 15 is 0 Å². The van der Waals surface area contributed by atoms with Crippen LogP contribution in [0.4, 0.5) is 0 Å². The Bertz CT molecular complexity index is 210. The van der Waals surface area contributed by atoms with Crippen LogP contribution in [0, 0.1) is 5.41 Å². The fraction of sp³-hybridized carbons (Fsp3) is 0.923. The van der Waals surface area contributed by atoms with Crippen molar-refractivity contribution < 1.29 is 9.53 Å². The van der Waals surface area contributed by atoms with E-state index in [-0.39, 0.29) is 29.9 Å². The summed E-state index contributed by atoms with van der Waals surface area (Å²) in [6.07, 6.45) is 4.90. The topological polar surface area (TPSA) is 52.3 Å². The van der Waals surface area contributed by atoms with Crippen LogP contribution in [0.5, 0.6) is 0 Å². The highest BCUT2D eigenvalue weighted by atomic mass is 35.5. The summed E-state index contributed by atoms with van der Waals surface area (Å²) in [6.45, 7) is 8.56. The number of esters is 1. The summed E-state index contributed by atoms with van der Waals surface area (Å²) < 4.78 is 5.30. The summed E-state index contributed by atoms with van der Waals surface area (Å²) in [7, 11) is 0. The van der Waals surface area contributed by atoms with Gasteiger partial charge in [-0.15, -0.1) is 12.4 Å². The SMILES string of the molecule is CCC(C)(CCCCCN)C(=O)OC(C)C.Cl. The second kappa shape index (κ2) is 9.72. The Hall–Kier alpha value is -0.280. The third-order valence-electron chi connectivity index (χ3n) is 3.05. The number of nitrogens with two attached hydrogens (primary N) is 1. The van der Waals surface area contributed by atoms with Gasteiger partial charge in [-0.25, -0.2) is 0 Å². The van der Waals surface area contributed by atoms with Gasteiger partial charge < -0.3 is 10.5 Å². The van der Waals surface area contributed by atoms with Gasteiger partial charge in [0, 0.05) is 0 Å². The highest BCUT2D eigenvalue weighted by Crippen LogP contribution is 2.30. The number of carbonyl (C=O) groups excluding carboxylic acids is 1. The molecule has 0 aliphatic rings. The molecule has 0 radical (unpaired) electrons. The second-order valence-electron chi connectivity index (χ2n) is 4.97. The maximum Gasteiger partial charge on any atom is 0.312 e. The van der Waals surface area contributed by atoms with Gasteiger partial charge in [0.2, 0.25) is 0 Å². The average molecular weight is 266 g/mol. The predicted molar refractivity (Wildman–Crippen MR) is 74.4 cm³/mol. The molecule has 0 aliphatic carbocycles. The van der Waals surface area contributed by atoms with Crippen molar-refractivity contribution in [3.63, 3.8) is 0 Å². The van der Waals surface area contributed by atoms with Crippen LogP contribution in [0.1, 0.15) is 59.8 Å². The van der Waals surface area contributed by atoms with Crippen molar-refractivity contribution >= 4 is 18.4 Å². The second-order valence-corrected chi connectivity index (χ2v) is 4.97. The molecule has 0 aromatic carbocycles. The average Bonchev–Trinajstić information content (AvgIpc) is 2.23. The summed E-state index contributed by atoms with van der Waals surface area (Å²) in [6, 6.07) is 0. The van der Waals surface area contributed by atoms with Crippen LogP contribution < -0.4 is 5.73 Å². The molecule has 3 nitrogen and oxygen atoms in total. The minimum Gasteiger partial charge on any atom is -0.463 e. The van der Waals surface area contributed by atoms with Crippen molar-refractivity contribution in [1.29, 1.82) is 0 Å². The van der Waals surface area contributed by atoms with E-state index < -0.39 is 0 Å². The highest BCUT2D eigenvalue weighted by Gasteiger charge is 2.32. The molecule has 0 aromatic rings. The number of hydrogen-bond acceptors (Lipinski definition) is 3. The zero-order valence-electron chi connectivity index (χ0n) is 11.6. The monoisotopic (exact) mass is 265 g/mol. The Balaban J connectivity index is 0. The number of hydrogen-bond donors (Lipinski definition) is 1. The zero-order valence-corrected chi connectivity index (χ0v) is 12.4. The van der Waals surface area contributed by atoms with Crippen LogP contribution >= 0.6 is 12.4 Å². The molecular weight excluding hydrogens is 238 g/mol. The molecular formula is C13H28ClNO2. The molecule has 0 aliphatic heterocycles. The van der Waals surface area contributed by atoms with Crippen LogP contribution in [-0.4, -0.2) is 18.6 Å². The van der Waals surface area contributed by atoms with E-state index in [9.17, 15) is 4.79 Å². The molecule has 104 valence electrons. The van der Waals surface area contributed by atoms with Gasteiger partial charge in [0.1, 0.15) is 0 Å². The highest BCUT2D eigenvalue weighted by molar-refractivity contribution is 5.85. The standard InChI is InChI=1S/C13H27NO2.ClH/c1-5-13(4,9-7-6-8-10-14)12(15)16-11(2)3;/h11H,5-10,14H2,1-4H3;1H.